The van der Waals surface area contributed by atoms with Crippen molar-refractivity contribution in [1.29, 1.82) is 0 Å². The van der Waals surface area contributed by atoms with Crippen molar-refractivity contribution >= 4 is 21.5 Å². The summed E-state index contributed by atoms with van der Waals surface area (Å²) in [5, 5.41) is 4.84. The highest BCUT2D eigenvalue weighted by Gasteiger charge is 2.19. The standard InChI is InChI=1S/C59H39N3/c1-4-15-40(16-5-1)41-30-32-44(33-31-41)55-38-56(62-59(61-55)46-19-8-3-9-20-46)49-35-48(43-28-26-42(27-29-43)47-21-14-34-60-39-47)36-50(37-49)58-53-24-12-10-22-51(53)57(45-17-6-2-7-18-45)52-23-11-13-25-54(52)58/h1-39H. The summed E-state index contributed by atoms with van der Waals surface area (Å²) < 4.78 is 0. The van der Waals surface area contributed by atoms with E-state index in [1.54, 1.807) is 0 Å². The van der Waals surface area contributed by atoms with Crippen LogP contribution in [0.5, 0.6) is 0 Å². The molecule has 0 saturated heterocycles. The monoisotopic (exact) mass is 789 g/mol. The Bertz CT molecular complexity index is 3290. The van der Waals surface area contributed by atoms with Gasteiger partial charge in [0, 0.05) is 29.1 Å². The topological polar surface area (TPSA) is 38.7 Å². The Morgan fingerprint density at radius 2 is 0.629 bits per heavy atom. The van der Waals surface area contributed by atoms with E-state index in [9.17, 15) is 0 Å². The van der Waals surface area contributed by atoms with Crippen molar-refractivity contribution in [1.82, 2.24) is 15.0 Å². The van der Waals surface area contributed by atoms with Crippen LogP contribution < -0.4 is 0 Å². The molecule has 9 aromatic carbocycles. The summed E-state index contributed by atoms with van der Waals surface area (Å²) >= 11 is 0. The van der Waals surface area contributed by atoms with Crippen LogP contribution in [0.15, 0.2) is 237 Å². The summed E-state index contributed by atoms with van der Waals surface area (Å²) in [6.07, 6.45) is 3.72. The number of aromatic nitrogens is 3. The first-order chi connectivity index (χ1) is 30.7. The van der Waals surface area contributed by atoms with Crippen molar-refractivity contribution in [2.45, 2.75) is 0 Å². The van der Waals surface area contributed by atoms with Crippen LogP contribution in [-0.2, 0) is 0 Å². The molecule has 0 aliphatic heterocycles. The third kappa shape index (κ3) is 7.02. The van der Waals surface area contributed by atoms with Crippen molar-refractivity contribution in [2.75, 3.05) is 0 Å². The second-order valence-corrected chi connectivity index (χ2v) is 15.6. The molecule has 0 atom stereocenters. The lowest BCUT2D eigenvalue weighted by atomic mass is 9.84. The Balaban J connectivity index is 1.15. The summed E-state index contributed by atoms with van der Waals surface area (Å²) in [6.45, 7) is 0. The van der Waals surface area contributed by atoms with E-state index in [0.29, 0.717) is 5.82 Å². The van der Waals surface area contributed by atoms with Gasteiger partial charge in [0.1, 0.15) is 0 Å². The van der Waals surface area contributed by atoms with Gasteiger partial charge in [0.05, 0.1) is 11.4 Å². The molecule has 2 aromatic heterocycles. The summed E-state index contributed by atoms with van der Waals surface area (Å²) in [5.41, 5.74) is 16.3. The number of nitrogens with zero attached hydrogens (tertiary/aromatic N) is 3. The second kappa shape index (κ2) is 16.1. The largest absolute Gasteiger partial charge is 0.264 e. The minimum absolute atomic E-state index is 0.682. The molecule has 11 rings (SSSR count). The number of fused-ring (bicyclic) bond motifs is 2. The normalized spacial score (nSPS) is 11.2. The third-order valence-electron chi connectivity index (χ3n) is 11.8. The predicted octanol–water partition coefficient (Wildman–Crippen LogP) is 15.5. The molecule has 0 bridgehead atoms. The van der Waals surface area contributed by atoms with E-state index in [4.69, 9.17) is 9.97 Å². The first-order valence-corrected chi connectivity index (χ1v) is 21.0. The van der Waals surface area contributed by atoms with Gasteiger partial charge in [0.2, 0.25) is 0 Å². The average molecular weight is 790 g/mol. The van der Waals surface area contributed by atoms with Gasteiger partial charge in [-0.2, -0.15) is 0 Å². The molecule has 0 aliphatic carbocycles. The van der Waals surface area contributed by atoms with Gasteiger partial charge in [-0.15, -0.1) is 0 Å². The molecule has 0 radical (unpaired) electrons. The molecule has 11 aromatic rings. The third-order valence-corrected chi connectivity index (χ3v) is 11.8. The number of pyridine rings is 1. The first kappa shape index (κ1) is 36.8. The molecule has 3 nitrogen and oxygen atoms in total. The second-order valence-electron chi connectivity index (χ2n) is 15.6. The molecule has 0 spiro atoms. The van der Waals surface area contributed by atoms with Gasteiger partial charge >= 0.3 is 0 Å². The summed E-state index contributed by atoms with van der Waals surface area (Å²) in [4.78, 5) is 14.9. The molecule has 2 heterocycles. The van der Waals surface area contributed by atoms with Crippen LogP contribution in [0.1, 0.15) is 0 Å². The Morgan fingerprint density at radius 1 is 0.242 bits per heavy atom. The van der Waals surface area contributed by atoms with Crippen molar-refractivity contribution in [3.05, 3.63) is 237 Å². The fraction of sp³-hybridized carbons (Fsp3) is 0. The molecule has 0 fully saturated rings. The van der Waals surface area contributed by atoms with E-state index < -0.39 is 0 Å². The van der Waals surface area contributed by atoms with Crippen LogP contribution in [0, 0.1) is 0 Å². The van der Waals surface area contributed by atoms with Crippen molar-refractivity contribution in [3.63, 3.8) is 0 Å². The molecule has 0 unspecified atom stereocenters. The van der Waals surface area contributed by atoms with E-state index >= 15 is 0 Å². The Kier molecular flexibility index (Phi) is 9.53. The lowest BCUT2D eigenvalue weighted by Crippen LogP contribution is -1.97. The van der Waals surface area contributed by atoms with E-state index in [2.05, 4.69) is 199 Å². The molecule has 0 amide bonds. The molecule has 0 aliphatic rings. The summed E-state index contributed by atoms with van der Waals surface area (Å²) in [6, 6.07) is 79.9. The molecule has 62 heavy (non-hydrogen) atoms. The molecule has 290 valence electrons. The fourth-order valence-corrected chi connectivity index (χ4v) is 8.75. The van der Waals surface area contributed by atoms with Gasteiger partial charge in [-0.3, -0.25) is 4.98 Å². The van der Waals surface area contributed by atoms with Crippen LogP contribution in [0.2, 0.25) is 0 Å². The zero-order chi connectivity index (χ0) is 41.2. The Morgan fingerprint density at radius 3 is 1.18 bits per heavy atom. The SMILES string of the molecule is c1ccc(-c2ccc(-c3cc(-c4cc(-c5ccc(-c6cccnc6)cc5)cc(-c5c6ccccc6c(-c6ccccc6)c6ccccc56)c4)nc(-c4ccccc4)n3)cc2)cc1. The minimum atomic E-state index is 0.682. The van der Waals surface area contributed by atoms with Crippen LogP contribution in [-0.4, -0.2) is 15.0 Å². The van der Waals surface area contributed by atoms with Gasteiger partial charge in [-0.1, -0.05) is 194 Å². The fourth-order valence-electron chi connectivity index (χ4n) is 8.75. The summed E-state index contributed by atoms with van der Waals surface area (Å²) in [5.74, 6) is 0.682. The van der Waals surface area contributed by atoms with Crippen LogP contribution >= 0.6 is 0 Å². The van der Waals surface area contributed by atoms with Crippen LogP contribution in [0.3, 0.4) is 0 Å². The molecule has 3 heteroatoms. The van der Waals surface area contributed by atoms with E-state index in [0.717, 1.165) is 61.5 Å². The van der Waals surface area contributed by atoms with Gasteiger partial charge in [0.15, 0.2) is 5.82 Å². The van der Waals surface area contributed by atoms with Gasteiger partial charge in [0.25, 0.3) is 0 Å². The molecule has 0 saturated carbocycles. The number of benzene rings is 9. The Labute approximate surface area is 361 Å². The lowest BCUT2D eigenvalue weighted by molar-refractivity contribution is 1.18. The molecular formula is C59H39N3. The number of hydrogen-bond donors (Lipinski definition) is 0. The maximum absolute atomic E-state index is 5.35. The van der Waals surface area contributed by atoms with Crippen molar-refractivity contribution in [3.8, 4) is 89.5 Å². The molecular weight excluding hydrogens is 751 g/mol. The van der Waals surface area contributed by atoms with E-state index in [1.165, 1.54) is 43.8 Å². The summed E-state index contributed by atoms with van der Waals surface area (Å²) in [7, 11) is 0. The molecule has 0 N–H and O–H groups in total. The van der Waals surface area contributed by atoms with Crippen LogP contribution in [0.4, 0.5) is 0 Å². The van der Waals surface area contributed by atoms with Crippen molar-refractivity contribution in [2.24, 2.45) is 0 Å². The highest BCUT2D eigenvalue weighted by molar-refractivity contribution is 6.21. The smallest absolute Gasteiger partial charge is 0.160 e. The zero-order valence-corrected chi connectivity index (χ0v) is 33.9. The predicted molar refractivity (Wildman–Crippen MR) is 258 cm³/mol. The number of rotatable bonds is 8. The van der Waals surface area contributed by atoms with Crippen molar-refractivity contribution < 1.29 is 0 Å². The average Bonchev–Trinajstić information content (AvgIpc) is 3.36. The maximum Gasteiger partial charge on any atom is 0.160 e. The highest BCUT2D eigenvalue weighted by Crippen LogP contribution is 2.45. The van der Waals surface area contributed by atoms with E-state index in [-0.39, 0.29) is 0 Å². The highest BCUT2D eigenvalue weighted by atomic mass is 14.9. The first-order valence-electron chi connectivity index (χ1n) is 21.0. The van der Waals surface area contributed by atoms with E-state index in [1.807, 2.05) is 42.7 Å². The minimum Gasteiger partial charge on any atom is -0.264 e. The lowest BCUT2D eigenvalue weighted by Gasteiger charge is -2.19. The van der Waals surface area contributed by atoms with Crippen LogP contribution in [0.25, 0.3) is 111 Å². The zero-order valence-electron chi connectivity index (χ0n) is 33.9. The Hall–Kier alpha value is -8.27. The van der Waals surface area contributed by atoms with Gasteiger partial charge < -0.3 is 0 Å². The quantitative estimate of drug-likeness (QED) is 0.144. The van der Waals surface area contributed by atoms with Gasteiger partial charge in [-0.05, 0) is 108 Å². The van der Waals surface area contributed by atoms with Gasteiger partial charge in [-0.25, -0.2) is 9.97 Å². The maximum atomic E-state index is 5.35. The number of hydrogen-bond acceptors (Lipinski definition) is 3.